The van der Waals surface area contributed by atoms with Gasteiger partial charge in [-0.2, -0.15) is 0 Å². The van der Waals surface area contributed by atoms with Crippen LogP contribution in [-0.4, -0.2) is 74.9 Å². The van der Waals surface area contributed by atoms with E-state index in [9.17, 15) is 0 Å². The highest BCUT2D eigenvalue weighted by molar-refractivity contribution is 4.75. The zero-order chi connectivity index (χ0) is 12.7. The van der Waals surface area contributed by atoms with Gasteiger partial charge in [0.25, 0.3) is 0 Å². The molecular weight excluding hydrogens is 214 g/mol. The summed E-state index contributed by atoms with van der Waals surface area (Å²) >= 11 is 0. The molecule has 1 heterocycles. The summed E-state index contributed by atoms with van der Waals surface area (Å²) in [4.78, 5) is 4.81. The third kappa shape index (κ3) is 5.82. The fourth-order valence-electron chi connectivity index (χ4n) is 2.03. The van der Waals surface area contributed by atoms with Gasteiger partial charge in [0.05, 0.1) is 12.7 Å². The molecule has 1 aliphatic heterocycles. The van der Waals surface area contributed by atoms with Crippen molar-refractivity contribution in [2.75, 3.05) is 52.9 Å². The summed E-state index contributed by atoms with van der Waals surface area (Å²) in [6.45, 7) is 14.0. The van der Waals surface area contributed by atoms with Crippen molar-refractivity contribution in [2.24, 2.45) is 0 Å². The quantitative estimate of drug-likeness (QED) is 0.664. The normalized spacial score (nSPS) is 22.6. The molecule has 1 N–H and O–H groups in total. The van der Waals surface area contributed by atoms with Gasteiger partial charge in [-0.25, -0.2) is 0 Å². The Morgan fingerprint density at radius 2 is 2.24 bits per heavy atom. The molecule has 1 atom stereocenters. The van der Waals surface area contributed by atoms with Gasteiger partial charge < -0.3 is 15.0 Å². The van der Waals surface area contributed by atoms with E-state index in [1.807, 2.05) is 0 Å². The van der Waals surface area contributed by atoms with E-state index < -0.39 is 0 Å². The second-order valence-electron chi connectivity index (χ2n) is 5.18. The summed E-state index contributed by atoms with van der Waals surface area (Å²) in [6, 6.07) is 0.632. The highest BCUT2D eigenvalue weighted by Crippen LogP contribution is 2.07. The minimum Gasteiger partial charge on any atom is -0.374 e. The topological polar surface area (TPSA) is 27.7 Å². The van der Waals surface area contributed by atoms with Gasteiger partial charge in [-0.3, -0.25) is 4.90 Å². The van der Waals surface area contributed by atoms with Gasteiger partial charge in [0.2, 0.25) is 0 Å². The van der Waals surface area contributed by atoms with Gasteiger partial charge in [0, 0.05) is 38.8 Å². The lowest BCUT2D eigenvalue weighted by atomic mass is 10.2. The van der Waals surface area contributed by atoms with Crippen LogP contribution < -0.4 is 5.32 Å². The molecule has 102 valence electrons. The molecule has 0 aromatic heterocycles. The minimum absolute atomic E-state index is 0.359. The Hall–Kier alpha value is -0.160. The number of morpholine rings is 1. The van der Waals surface area contributed by atoms with Crippen LogP contribution in [0.5, 0.6) is 0 Å². The van der Waals surface area contributed by atoms with Gasteiger partial charge >= 0.3 is 0 Å². The third-order valence-corrected chi connectivity index (χ3v) is 3.48. The summed E-state index contributed by atoms with van der Waals surface area (Å²) in [6.07, 6.45) is 0.359. The molecular formula is C13H29N3O. The van der Waals surface area contributed by atoms with Crippen LogP contribution in [-0.2, 0) is 4.74 Å². The molecule has 4 nitrogen and oxygen atoms in total. The predicted octanol–water partition coefficient (Wildman–Crippen LogP) is 0.637. The van der Waals surface area contributed by atoms with Crippen molar-refractivity contribution >= 4 is 0 Å². The molecule has 1 saturated heterocycles. The van der Waals surface area contributed by atoms with Crippen LogP contribution in [0.1, 0.15) is 20.8 Å². The number of rotatable bonds is 7. The zero-order valence-corrected chi connectivity index (χ0v) is 11.9. The average Bonchev–Trinajstić information content (AvgIpc) is 2.34. The fraction of sp³-hybridized carbons (Fsp3) is 1.00. The Morgan fingerprint density at radius 3 is 2.88 bits per heavy atom. The van der Waals surface area contributed by atoms with E-state index in [0.717, 1.165) is 45.9 Å². The van der Waals surface area contributed by atoms with Gasteiger partial charge in [-0.15, -0.1) is 0 Å². The molecule has 1 unspecified atom stereocenters. The maximum atomic E-state index is 5.77. The van der Waals surface area contributed by atoms with E-state index in [-0.39, 0.29) is 0 Å². The minimum atomic E-state index is 0.359. The van der Waals surface area contributed by atoms with Gasteiger partial charge in [0.15, 0.2) is 0 Å². The lowest BCUT2D eigenvalue weighted by Gasteiger charge is -2.35. The monoisotopic (exact) mass is 243 g/mol. The first-order valence-electron chi connectivity index (χ1n) is 6.88. The summed E-state index contributed by atoms with van der Waals surface area (Å²) in [5, 5.41) is 3.49. The predicted molar refractivity (Wildman–Crippen MR) is 72.5 cm³/mol. The highest BCUT2D eigenvalue weighted by Gasteiger charge is 2.21. The average molecular weight is 243 g/mol. The van der Waals surface area contributed by atoms with Crippen molar-refractivity contribution in [2.45, 2.75) is 32.9 Å². The third-order valence-electron chi connectivity index (χ3n) is 3.48. The number of likely N-dealkylation sites (N-methyl/N-ethyl adjacent to an activating group) is 1. The molecule has 0 saturated carbocycles. The molecule has 0 spiro atoms. The first kappa shape index (κ1) is 14.9. The van der Waals surface area contributed by atoms with Gasteiger partial charge in [-0.05, 0) is 27.4 Å². The van der Waals surface area contributed by atoms with Crippen LogP contribution in [0.3, 0.4) is 0 Å². The molecule has 0 aromatic rings. The van der Waals surface area contributed by atoms with Crippen LogP contribution >= 0.6 is 0 Å². The molecule has 4 heteroatoms. The molecule has 0 aliphatic carbocycles. The highest BCUT2D eigenvalue weighted by atomic mass is 16.5. The van der Waals surface area contributed by atoms with E-state index >= 15 is 0 Å². The van der Waals surface area contributed by atoms with Crippen molar-refractivity contribution in [3.8, 4) is 0 Å². The maximum absolute atomic E-state index is 5.77. The zero-order valence-electron chi connectivity index (χ0n) is 11.9. The van der Waals surface area contributed by atoms with Crippen molar-refractivity contribution in [3.63, 3.8) is 0 Å². The SMILES string of the molecule is CCN(C)CCNCC1CN(C(C)C)CCO1. The first-order valence-corrected chi connectivity index (χ1v) is 6.88. The Bertz CT molecular complexity index is 199. The number of ether oxygens (including phenoxy) is 1. The van der Waals surface area contributed by atoms with E-state index in [2.05, 4.69) is 42.9 Å². The number of nitrogens with one attached hydrogen (secondary N) is 1. The Balaban J connectivity index is 2.10. The van der Waals surface area contributed by atoms with Gasteiger partial charge in [-0.1, -0.05) is 6.92 Å². The summed E-state index contributed by atoms with van der Waals surface area (Å²) in [7, 11) is 2.15. The molecule has 0 aromatic carbocycles. The van der Waals surface area contributed by atoms with Crippen LogP contribution in [0.25, 0.3) is 0 Å². The maximum Gasteiger partial charge on any atom is 0.0826 e. The largest absolute Gasteiger partial charge is 0.374 e. The molecule has 1 fully saturated rings. The number of hydrogen-bond donors (Lipinski definition) is 1. The van der Waals surface area contributed by atoms with E-state index in [1.165, 1.54) is 0 Å². The molecule has 1 rings (SSSR count). The van der Waals surface area contributed by atoms with Crippen LogP contribution in [0.4, 0.5) is 0 Å². The lowest BCUT2D eigenvalue weighted by molar-refractivity contribution is -0.0371. The Morgan fingerprint density at radius 1 is 1.47 bits per heavy atom. The van der Waals surface area contributed by atoms with E-state index in [4.69, 9.17) is 4.74 Å². The second-order valence-corrected chi connectivity index (χ2v) is 5.18. The standard InChI is InChI=1S/C13H29N3O/c1-5-15(4)7-6-14-10-13-11-16(12(2)3)8-9-17-13/h12-14H,5-11H2,1-4H3. The van der Waals surface area contributed by atoms with Crippen molar-refractivity contribution in [1.82, 2.24) is 15.1 Å². The van der Waals surface area contributed by atoms with Gasteiger partial charge in [0.1, 0.15) is 0 Å². The van der Waals surface area contributed by atoms with E-state index in [0.29, 0.717) is 12.1 Å². The smallest absolute Gasteiger partial charge is 0.0826 e. The van der Waals surface area contributed by atoms with E-state index in [1.54, 1.807) is 0 Å². The first-order chi connectivity index (χ1) is 8.13. The Kier molecular flexibility index (Phi) is 7.04. The molecule has 0 radical (unpaired) electrons. The molecule has 0 bridgehead atoms. The number of hydrogen-bond acceptors (Lipinski definition) is 4. The molecule has 17 heavy (non-hydrogen) atoms. The van der Waals surface area contributed by atoms with Crippen LogP contribution in [0.2, 0.25) is 0 Å². The second kappa shape index (κ2) is 8.03. The Labute approximate surface area is 106 Å². The number of nitrogens with zero attached hydrogens (tertiary/aromatic N) is 2. The summed E-state index contributed by atoms with van der Waals surface area (Å²) in [5.74, 6) is 0. The lowest BCUT2D eigenvalue weighted by Crippen LogP contribution is -2.49. The summed E-state index contributed by atoms with van der Waals surface area (Å²) in [5.41, 5.74) is 0. The van der Waals surface area contributed by atoms with Crippen molar-refractivity contribution in [3.05, 3.63) is 0 Å². The fourth-order valence-corrected chi connectivity index (χ4v) is 2.03. The van der Waals surface area contributed by atoms with Crippen LogP contribution in [0, 0.1) is 0 Å². The molecule has 0 amide bonds. The molecule has 1 aliphatic rings. The van der Waals surface area contributed by atoms with Crippen molar-refractivity contribution < 1.29 is 4.74 Å². The summed E-state index contributed by atoms with van der Waals surface area (Å²) < 4.78 is 5.77. The van der Waals surface area contributed by atoms with Crippen molar-refractivity contribution in [1.29, 1.82) is 0 Å². The van der Waals surface area contributed by atoms with Crippen LogP contribution in [0.15, 0.2) is 0 Å².